The summed E-state index contributed by atoms with van der Waals surface area (Å²) >= 11 is 4.93. The number of carbonyl (C=O) groups is 1. The number of ether oxygens (including phenoxy) is 1. The van der Waals surface area contributed by atoms with Crippen LogP contribution in [0.25, 0.3) is 0 Å². The molecule has 0 heterocycles. The van der Waals surface area contributed by atoms with Crippen LogP contribution in [0.3, 0.4) is 0 Å². The van der Waals surface area contributed by atoms with Gasteiger partial charge in [0.05, 0.1) is 13.0 Å². The van der Waals surface area contributed by atoms with Gasteiger partial charge in [-0.05, 0) is 0 Å². The molecule has 0 saturated heterocycles. The average molecular weight is 353 g/mol. The maximum atomic E-state index is 12.9. The van der Waals surface area contributed by atoms with Crippen LogP contribution in [0.15, 0.2) is 11.6 Å². The Morgan fingerprint density at radius 3 is 1.71 bits per heavy atom. The van der Waals surface area contributed by atoms with Crippen LogP contribution < -0.4 is 0 Å². The number of esters is 1. The van der Waals surface area contributed by atoms with E-state index in [0.29, 0.717) is 0 Å². The standard InChI is InChI=1S/C9H6ClF9O2/c1-4(10)5(20)21-3-2-6(11,12)7(13,14)8(15,16)9(17,18)19/h1-3H2. The molecule has 0 spiro atoms. The Bertz CT molecular complexity index is 416. The van der Waals surface area contributed by atoms with Gasteiger partial charge in [0.15, 0.2) is 0 Å². The Morgan fingerprint density at radius 2 is 1.38 bits per heavy atom. The van der Waals surface area contributed by atoms with Crippen LogP contribution >= 0.6 is 11.6 Å². The van der Waals surface area contributed by atoms with Gasteiger partial charge in [-0.15, -0.1) is 0 Å². The second kappa shape index (κ2) is 5.93. The highest BCUT2D eigenvalue weighted by atomic mass is 35.5. The lowest BCUT2D eigenvalue weighted by Crippen LogP contribution is -2.61. The van der Waals surface area contributed by atoms with Crippen LogP contribution in [-0.4, -0.2) is 36.5 Å². The summed E-state index contributed by atoms with van der Waals surface area (Å²) in [6.45, 7) is 1.21. The summed E-state index contributed by atoms with van der Waals surface area (Å²) in [5.74, 6) is -21.0. The Balaban J connectivity index is 5.05. The molecule has 0 fully saturated rings. The van der Waals surface area contributed by atoms with Crippen molar-refractivity contribution in [2.75, 3.05) is 6.61 Å². The molecular formula is C9H6ClF9O2. The first-order valence-electron chi connectivity index (χ1n) is 4.79. The van der Waals surface area contributed by atoms with E-state index < -0.39 is 48.0 Å². The summed E-state index contributed by atoms with van der Waals surface area (Å²) in [5, 5.41) is -0.828. The first kappa shape index (κ1) is 19.9. The van der Waals surface area contributed by atoms with Crippen molar-refractivity contribution >= 4 is 17.6 Å². The normalized spacial score (nSPS) is 14.0. The number of halogens is 10. The molecule has 0 unspecified atom stereocenters. The van der Waals surface area contributed by atoms with E-state index in [2.05, 4.69) is 11.3 Å². The van der Waals surface area contributed by atoms with Gasteiger partial charge in [0.25, 0.3) is 0 Å². The van der Waals surface area contributed by atoms with Crippen LogP contribution in [0.4, 0.5) is 39.5 Å². The predicted octanol–water partition coefficient (Wildman–Crippen LogP) is 4.14. The minimum atomic E-state index is -6.97. The van der Waals surface area contributed by atoms with Gasteiger partial charge in [-0.25, -0.2) is 4.79 Å². The molecule has 0 aliphatic carbocycles. The Hall–Kier alpha value is -1.13. The first-order chi connectivity index (χ1) is 9.08. The second-order valence-electron chi connectivity index (χ2n) is 3.64. The quantitative estimate of drug-likeness (QED) is 0.408. The van der Waals surface area contributed by atoms with Gasteiger partial charge in [-0.2, -0.15) is 39.5 Å². The fourth-order valence-electron chi connectivity index (χ4n) is 0.915. The molecule has 0 aromatic rings. The molecular weight excluding hydrogens is 347 g/mol. The van der Waals surface area contributed by atoms with Crippen molar-refractivity contribution in [3.05, 3.63) is 11.6 Å². The summed E-state index contributed by atoms with van der Waals surface area (Å²) < 4.78 is 115. The van der Waals surface area contributed by atoms with Crippen molar-refractivity contribution in [3.63, 3.8) is 0 Å². The summed E-state index contributed by atoms with van der Waals surface area (Å²) in [6.07, 6.45) is -9.16. The monoisotopic (exact) mass is 352 g/mol. The topological polar surface area (TPSA) is 26.3 Å². The Morgan fingerprint density at radius 1 is 0.952 bits per heavy atom. The van der Waals surface area contributed by atoms with Gasteiger partial charge < -0.3 is 4.74 Å². The second-order valence-corrected chi connectivity index (χ2v) is 4.10. The maximum Gasteiger partial charge on any atom is 0.460 e. The summed E-state index contributed by atoms with van der Waals surface area (Å²) in [5.41, 5.74) is 0. The molecule has 0 amide bonds. The van der Waals surface area contributed by atoms with Gasteiger partial charge in [0.1, 0.15) is 5.03 Å². The van der Waals surface area contributed by atoms with Crippen LogP contribution in [0.5, 0.6) is 0 Å². The fourth-order valence-corrected chi connectivity index (χ4v) is 0.969. The molecule has 0 aromatic heterocycles. The lowest BCUT2D eigenvalue weighted by molar-refractivity contribution is -0.397. The highest BCUT2D eigenvalue weighted by Crippen LogP contribution is 2.53. The fraction of sp³-hybridized carbons (Fsp3) is 0.667. The third kappa shape index (κ3) is 3.95. The Labute approximate surface area is 116 Å². The number of carbonyl (C=O) groups excluding carboxylic acids is 1. The number of hydrogen-bond donors (Lipinski definition) is 0. The Kier molecular flexibility index (Phi) is 5.61. The molecule has 12 heteroatoms. The molecule has 0 radical (unpaired) electrons. The van der Waals surface area contributed by atoms with Gasteiger partial charge >= 0.3 is 29.9 Å². The highest BCUT2D eigenvalue weighted by molar-refractivity contribution is 6.40. The van der Waals surface area contributed by atoms with Crippen molar-refractivity contribution in [2.24, 2.45) is 0 Å². The molecule has 124 valence electrons. The highest BCUT2D eigenvalue weighted by Gasteiger charge is 2.81. The van der Waals surface area contributed by atoms with E-state index in [0.717, 1.165) is 0 Å². The molecule has 2 nitrogen and oxygen atoms in total. The minimum absolute atomic E-state index is 0.828. The van der Waals surface area contributed by atoms with Crippen molar-refractivity contribution in [3.8, 4) is 0 Å². The zero-order chi connectivity index (χ0) is 17.3. The van der Waals surface area contributed by atoms with Gasteiger partial charge in [-0.3, -0.25) is 0 Å². The predicted molar refractivity (Wildman–Crippen MR) is 51.5 cm³/mol. The van der Waals surface area contributed by atoms with E-state index in [1.807, 2.05) is 0 Å². The van der Waals surface area contributed by atoms with Crippen LogP contribution in [-0.2, 0) is 9.53 Å². The molecule has 0 aromatic carbocycles. The third-order valence-corrected chi connectivity index (χ3v) is 2.23. The van der Waals surface area contributed by atoms with Gasteiger partial charge in [0.2, 0.25) is 0 Å². The van der Waals surface area contributed by atoms with Crippen LogP contribution in [0.1, 0.15) is 6.42 Å². The number of alkyl halides is 9. The van der Waals surface area contributed by atoms with Crippen LogP contribution in [0.2, 0.25) is 0 Å². The number of rotatable bonds is 6. The lowest BCUT2D eigenvalue weighted by Gasteiger charge is -2.33. The van der Waals surface area contributed by atoms with E-state index in [1.54, 1.807) is 0 Å². The van der Waals surface area contributed by atoms with E-state index in [-0.39, 0.29) is 0 Å². The smallest absolute Gasteiger partial charge is 0.460 e. The lowest BCUT2D eigenvalue weighted by atomic mass is 10.0. The zero-order valence-corrected chi connectivity index (χ0v) is 10.5. The zero-order valence-electron chi connectivity index (χ0n) is 9.72. The molecule has 0 rings (SSSR count). The molecule has 0 bridgehead atoms. The molecule has 0 atom stereocenters. The van der Waals surface area contributed by atoms with Crippen molar-refractivity contribution in [2.45, 2.75) is 30.4 Å². The van der Waals surface area contributed by atoms with Crippen LogP contribution in [0, 0.1) is 0 Å². The first-order valence-corrected chi connectivity index (χ1v) is 5.17. The molecule has 0 aliphatic rings. The summed E-state index contributed by atoms with van der Waals surface area (Å²) in [6, 6.07) is 0. The third-order valence-electron chi connectivity index (χ3n) is 2.08. The molecule has 0 saturated carbocycles. The van der Waals surface area contributed by atoms with E-state index in [9.17, 15) is 44.3 Å². The molecule has 0 aliphatic heterocycles. The molecule has 0 N–H and O–H groups in total. The van der Waals surface area contributed by atoms with E-state index in [4.69, 9.17) is 11.6 Å². The van der Waals surface area contributed by atoms with E-state index in [1.165, 1.54) is 0 Å². The van der Waals surface area contributed by atoms with Crippen molar-refractivity contribution in [1.82, 2.24) is 0 Å². The van der Waals surface area contributed by atoms with E-state index >= 15 is 0 Å². The SMILES string of the molecule is C=C(Cl)C(=O)OCCC(F)(F)C(F)(F)C(F)(F)C(F)(F)F. The number of hydrogen-bond acceptors (Lipinski definition) is 2. The van der Waals surface area contributed by atoms with Gasteiger partial charge in [-0.1, -0.05) is 18.2 Å². The summed E-state index contributed by atoms with van der Waals surface area (Å²) in [4.78, 5) is 10.6. The maximum absolute atomic E-state index is 12.9. The minimum Gasteiger partial charge on any atom is -0.461 e. The molecule has 21 heavy (non-hydrogen) atoms. The van der Waals surface area contributed by atoms with Gasteiger partial charge in [0, 0.05) is 0 Å². The summed E-state index contributed by atoms with van der Waals surface area (Å²) in [7, 11) is 0. The van der Waals surface area contributed by atoms with Crippen molar-refractivity contribution < 1.29 is 49.0 Å². The largest absolute Gasteiger partial charge is 0.461 e. The average Bonchev–Trinajstić information content (AvgIpc) is 2.26. The van der Waals surface area contributed by atoms with Crippen molar-refractivity contribution in [1.29, 1.82) is 0 Å².